The van der Waals surface area contributed by atoms with Crippen LogP contribution in [0.4, 0.5) is 10.5 Å². The van der Waals surface area contributed by atoms with Crippen LogP contribution in [0.2, 0.25) is 0 Å². The number of hydrogen-bond donors (Lipinski definition) is 3. The Labute approximate surface area is 119 Å². The van der Waals surface area contributed by atoms with E-state index in [2.05, 4.69) is 9.97 Å². The lowest BCUT2D eigenvalue weighted by Crippen LogP contribution is -2.25. The molecule has 2 heterocycles. The third-order valence-corrected chi connectivity index (χ3v) is 2.70. The Morgan fingerprint density at radius 3 is 2.57 bits per heavy atom. The maximum atomic E-state index is 12.1. The van der Waals surface area contributed by atoms with E-state index in [-0.39, 0.29) is 11.5 Å². The van der Waals surface area contributed by atoms with Crippen molar-refractivity contribution in [3.05, 3.63) is 46.8 Å². The van der Waals surface area contributed by atoms with Crippen LogP contribution in [0.3, 0.4) is 0 Å². The summed E-state index contributed by atoms with van der Waals surface area (Å²) in [5, 5.41) is 20.5. The van der Waals surface area contributed by atoms with E-state index in [0.717, 1.165) is 4.57 Å². The molecule has 0 aliphatic rings. The summed E-state index contributed by atoms with van der Waals surface area (Å²) in [5.74, 6) is 0.224. The Bertz CT molecular complexity index is 716. The Morgan fingerprint density at radius 2 is 2.05 bits per heavy atom. The van der Waals surface area contributed by atoms with Crippen molar-refractivity contribution >= 4 is 11.8 Å². The number of hydrogen-bond acceptors (Lipinski definition) is 5. The summed E-state index contributed by atoms with van der Waals surface area (Å²) in [6.07, 6.45) is 2.81. The molecule has 2 aromatic rings. The first kappa shape index (κ1) is 14.7. The van der Waals surface area contributed by atoms with Gasteiger partial charge in [-0.15, -0.1) is 0 Å². The highest BCUT2D eigenvalue weighted by Crippen LogP contribution is 2.16. The number of aliphatic hydroxyl groups is 1. The summed E-state index contributed by atoms with van der Waals surface area (Å²) < 4.78 is 1.16. The normalized spacial score (nSPS) is 11.2. The van der Waals surface area contributed by atoms with Crippen LogP contribution in [-0.4, -0.2) is 30.8 Å². The second-order valence-electron chi connectivity index (χ2n) is 4.85. The van der Waals surface area contributed by atoms with E-state index in [1.54, 1.807) is 13.8 Å². The van der Waals surface area contributed by atoms with E-state index in [0.29, 0.717) is 5.69 Å². The van der Waals surface area contributed by atoms with Crippen molar-refractivity contribution < 1.29 is 15.0 Å². The van der Waals surface area contributed by atoms with Crippen LogP contribution in [0.1, 0.15) is 19.5 Å². The molecule has 0 saturated carbocycles. The van der Waals surface area contributed by atoms with Crippen molar-refractivity contribution in [3.8, 4) is 5.82 Å². The van der Waals surface area contributed by atoms with Crippen LogP contribution >= 0.6 is 0 Å². The van der Waals surface area contributed by atoms with Gasteiger partial charge in [0.2, 0.25) is 0 Å². The van der Waals surface area contributed by atoms with Crippen LogP contribution in [0.25, 0.3) is 5.82 Å². The molecular formula is C13H14N4O4. The molecule has 0 bridgehead atoms. The van der Waals surface area contributed by atoms with Gasteiger partial charge in [-0.3, -0.25) is 19.7 Å². The lowest BCUT2D eigenvalue weighted by atomic mass is 10.1. The summed E-state index contributed by atoms with van der Waals surface area (Å²) >= 11 is 0. The van der Waals surface area contributed by atoms with Gasteiger partial charge in [-0.05, 0) is 26.0 Å². The zero-order valence-electron chi connectivity index (χ0n) is 11.4. The van der Waals surface area contributed by atoms with Gasteiger partial charge >= 0.3 is 6.09 Å². The van der Waals surface area contributed by atoms with Crippen LogP contribution < -0.4 is 10.9 Å². The van der Waals surface area contributed by atoms with E-state index >= 15 is 0 Å². The molecule has 0 radical (unpaired) electrons. The summed E-state index contributed by atoms with van der Waals surface area (Å²) in [5.41, 5.74) is -1.42. The van der Waals surface area contributed by atoms with Gasteiger partial charge in [-0.1, -0.05) is 0 Å². The number of pyridine rings is 1. The Kier molecular flexibility index (Phi) is 3.72. The predicted octanol–water partition coefficient (Wildman–Crippen LogP) is 0.945. The molecular weight excluding hydrogens is 276 g/mol. The lowest BCUT2D eigenvalue weighted by molar-refractivity contribution is 0.0734. The second-order valence-corrected chi connectivity index (χ2v) is 4.85. The molecule has 0 aliphatic carbocycles. The second kappa shape index (κ2) is 5.33. The van der Waals surface area contributed by atoms with Gasteiger partial charge in [0, 0.05) is 6.20 Å². The molecule has 0 aromatic carbocycles. The van der Waals surface area contributed by atoms with Gasteiger partial charge in [-0.2, -0.15) is 0 Å². The molecule has 0 atom stereocenters. The first-order chi connectivity index (χ1) is 9.79. The molecule has 1 amide bonds. The van der Waals surface area contributed by atoms with E-state index in [9.17, 15) is 14.7 Å². The van der Waals surface area contributed by atoms with E-state index < -0.39 is 17.3 Å². The summed E-state index contributed by atoms with van der Waals surface area (Å²) in [7, 11) is 0. The average molecular weight is 290 g/mol. The maximum absolute atomic E-state index is 12.1. The van der Waals surface area contributed by atoms with Crippen molar-refractivity contribution in [1.29, 1.82) is 0 Å². The Morgan fingerprint density at radius 1 is 1.33 bits per heavy atom. The van der Waals surface area contributed by atoms with Gasteiger partial charge < -0.3 is 10.2 Å². The predicted molar refractivity (Wildman–Crippen MR) is 74.5 cm³/mol. The van der Waals surface area contributed by atoms with E-state index in [1.807, 2.05) is 5.32 Å². The van der Waals surface area contributed by atoms with Crippen molar-refractivity contribution in [2.24, 2.45) is 0 Å². The van der Waals surface area contributed by atoms with Crippen LogP contribution in [0.15, 0.2) is 35.5 Å². The molecule has 0 saturated heterocycles. The highest BCUT2D eigenvalue weighted by molar-refractivity contribution is 5.82. The van der Waals surface area contributed by atoms with Crippen LogP contribution in [-0.2, 0) is 5.60 Å². The summed E-state index contributed by atoms with van der Waals surface area (Å²) in [4.78, 5) is 30.8. The minimum atomic E-state index is -1.33. The Balaban J connectivity index is 2.43. The third kappa shape index (κ3) is 3.23. The number of anilines is 1. The quantitative estimate of drug-likeness (QED) is 0.774. The molecule has 0 unspecified atom stereocenters. The largest absolute Gasteiger partial charge is 0.465 e. The number of amides is 1. The number of rotatable bonds is 3. The average Bonchev–Trinajstić information content (AvgIpc) is 2.40. The first-order valence-corrected chi connectivity index (χ1v) is 6.06. The lowest BCUT2D eigenvalue weighted by Gasteiger charge is -2.16. The van der Waals surface area contributed by atoms with Crippen molar-refractivity contribution in [2.75, 3.05) is 5.32 Å². The number of nitrogens with one attached hydrogen (secondary N) is 1. The van der Waals surface area contributed by atoms with Crippen LogP contribution in [0, 0.1) is 0 Å². The van der Waals surface area contributed by atoms with Gasteiger partial charge in [0.1, 0.15) is 11.3 Å². The molecule has 8 heteroatoms. The molecule has 0 aliphatic heterocycles. The fraction of sp³-hybridized carbons (Fsp3) is 0.231. The van der Waals surface area contributed by atoms with Crippen molar-refractivity contribution in [1.82, 2.24) is 14.5 Å². The SMILES string of the molecule is CC(C)(O)c1cnc(-n2cccc(NC(=O)O)c2=O)cn1. The Hall–Kier alpha value is -2.74. The van der Waals surface area contributed by atoms with Crippen molar-refractivity contribution in [3.63, 3.8) is 0 Å². The smallest absolute Gasteiger partial charge is 0.409 e. The highest BCUT2D eigenvalue weighted by Gasteiger charge is 2.18. The van der Waals surface area contributed by atoms with Gasteiger partial charge in [0.15, 0.2) is 5.82 Å². The molecule has 2 aromatic heterocycles. The molecule has 110 valence electrons. The molecule has 8 nitrogen and oxygen atoms in total. The first-order valence-electron chi connectivity index (χ1n) is 6.06. The number of aromatic nitrogens is 3. The van der Waals surface area contributed by atoms with Gasteiger partial charge in [0.05, 0.1) is 18.1 Å². The molecule has 0 fully saturated rings. The van der Waals surface area contributed by atoms with Gasteiger partial charge in [0.25, 0.3) is 5.56 Å². The fourth-order valence-corrected chi connectivity index (χ4v) is 1.65. The van der Waals surface area contributed by atoms with E-state index in [1.165, 1.54) is 30.7 Å². The minimum absolute atomic E-state index is 0.0848. The minimum Gasteiger partial charge on any atom is -0.465 e. The number of carboxylic acid groups (broad SMARTS) is 1. The standard InChI is InChI=1S/C13H14N4O4/c1-13(2,21)9-6-15-10(7-14-9)17-5-3-4-8(11(17)18)16-12(19)20/h3-7,16,21H,1-2H3,(H,19,20). The molecule has 0 spiro atoms. The van der Waals surface area contributed by atoms with E-state index in [4.69, 9.17) is 5.11 Å². The monoisotopic (exact) mass is 290 g/mol. The zero-order chi connectivity index (χ0) is 15.6. The molecule has 21 heavy (non-hydrogen) atoms. The molecule has 2 rings (SSSR count). The third-order valence-electron chi connectivity index (χ3n) is 2.70. The summed E-state index contributed by atoms with van der Waals surface area (Å²) in [6, 6.07) is 2.86. The highest BCUT2D eigenvalue weighted by atomic mass is 16.4. The molecule has 3 N–H and O–H groups in total. The topological polar surface area (TPSA) is 117 Å². The van der Waals surface area contributed by atoms with Gasteiger partial charge in [-0.25, -0.2) is 9.78 Å². The van der Waals surface area contributed by atoms with Crippen LogP contribution in [0.5, 0.6) is 0 Å². The van der Waals surface area contributed by atoms with Crippen molar-refractivity contribution in [2.45, 2.75) is 19.4 Å². The number of carbonyl (C=O) groups is 1. The summed E-state index contributed by atoms with van der Waals surface area (Å²) in [6.45, 7) is 3.14. The maximum Gasteiger partial charge on any atom is 0.409 e. The fourth-order valence-electron chi connectivity index (χ4n) is 1.65. The number of nitrogens with zero attached hydrogens (tertiary/aromatic N) is 3. The zero-order valence-corrected chi connectivity index (χ0v) is 11.4.